The van der Waals surface area contributed by atoms with E-state index < -0.39 is 10.0 Å². The lowest BCUT2D eigenvalue weighted by atomic mass is 10.1. The molecule has 0 amide bonds. The molecule has 0 aliphatic rings. The molecule has 1 N–H and O–H groups in total. The summed E-state index contributed by atoms with van der Waals surface area (Å²) in [7, 11) is -3.64. The molecule has 0 heterocycles. The number of aryl methyl sites for hydroxylation is 1. The number of anilines is 1. The van der Waals surface area contributed by atoms with Crippen LogP contribution in [-0.4, -0.2) is 8.42 Å². The zero-order valence-electron chi connectivity index (χ0n) is 14.8. The van der Waals surface area contributed by atoms with Gasteiger partial charge in [-0.1, -0.05) is 54.6 Å². The first-order chi connectivity index (χ1) is 12.5. The summed E-state index contributed by atoms with van der Waals surface area (Å²) in [5.41, 5.74) is 3.30. The van der Waals surface area contributed by atoms with Gasteiger partial charge in [0.25, 0.3) is 10.0 Å². The topological polar surface area (TPSA) is 55.4 Å². The third-order valence-electron chi connectivity index (χ3n) is 4.13. The van der Waals surface area contributed by atoms with Crippen LogP contribution < -0.4 is 9.46 Å². The molecular formula is C21H21NO3S. The van der Waals surface area contributed by atoms with E-state index in [-0.39, 0.29) is 4.90 Å². The smallest absolute Gasteiger partial charge is 0.261 e. The Bertz CT molecular complexity index is 985. The van der Waals surface area contributed by atoms with Gasteiger partial charge in [0.2, 0.25) is 0 Å². The van der Waals surface area contributed by atoms with Crippen molar-refractivity contribution in [1.29, 1.82) is 0 Å². The van der Waals surface area contributed by atoms with Crippen LogP contribution in [0.2, 0.25) is 0 Å². The minimum absolute atomic E-state index is 0.228. The molecule has 0 bridgehead atoms. The molecule has 0 fully saturated rings. The van der Waals surface area contributed by atoms with Crippen LogP contribution in [0.4, 0.5) is 5.69 Å². The maximum atomic E-state index is 12.6. The van der Waals surface area contributed by atoms with Crippen molar-refractivity contribution in [2.75, 3.05) is 4.72 Å². The van der Waals surface area contributed by atoms with Gasteiger partial charge in [0.15, 0.2) is 0 Å². The summed E-state index contributed by atoms with van der Waals surface area (Å²) in [5.74, 6) is 0.696. The van der Waals surface area contributed by atoms with E-state index in [1.807, 2.05) is 50.2 Å². The summed E-state index contributed by atoms with van der Waals surface area (Å²) in [4.78, 5) is 0.228. The van der Waals surface area contributed by atoms with E-state index in [0.29, 0.717) is 18.0 Å². The molecule has 5 heteroatoms. The lowest BCUT2D eigenvalue weighted by molar-refractivity contribution is 0.302. The Labute approximate surface area is 154 Å². The summed E-state index contributed by atoms with van der Waals surface area (Å²) in [6.45, 7) is 4.23. The van der Waals surface area contributed by atoms with Crippen LogP contribution in [0.25, 0.3) is 0 Å². The van der Waals surface area contributed by atoms with E-state index in [1.54, 1.807) is 36.4 Å². The van der Waals surface area contributed by atoms with Gasteiger partial charge in [-0.3, -0.25) is 4.72 Å². The van der Waals surface area contributed by atoms with Crippen molar-refractivity contribution in [3.63, 3.8) is 0 Å². The van der Waals surface area contributed by atoms with Gasteiger partial charge in [-0.2, -0.15) is 0 Å². The van der Waals surface area contributed by atoms with Crippen molar-refractivity contribution < 1.29 is 13.2 Å². The van der Waals surface area contributed by atoms with Gasteiger partial charge < -0.3 is 4.74 Å². The normalized spacial score (nSPS) is 11.2. The van der Waals surface area contributed by atoms with E-state index in [2.05, 4.69) is 4.72 Å². The molecule has 3 aromatic rings. The highest BCUT2D eigenvalue weighted by molar-refractivity contribution is 7.92. The second-order valence-corrected chi connectivity index (χ2v) is 7.76. The summed E-state index contributed by atoms with van der Waals surface area (Å²) in [6, 6.07) is 21.8. The predicted octanol–water partition coefficient (Wildman–Crippen LogP) is 4.68. The van der Waals surface area contributed by atoms with Crippen LogP contribution >= 0.6 is 0 Å². The van der Waals surface area contributed by atoms with Crippen LogP contribution in [0.5, 0.6) is 5.75 Å². The third-order valence-corrected chi connectivity index (χ3v) is 5.51. The van der Waals surface area contributed by atoms with Crippen LogP contribution in [0, 0.1) is 13.8 Å². The Kier molecular flexibility index (Phi) is 5.28. The molecule has 0 aliphatic heterocycles. The highest BCUT2D eigenvalue weighted by Gasteiger charge is 2.17. The first-order valence-electron chi connectivity index (χ1n) is 8.32. The molecule has 134 valence electrons. The molecule has 0 atom stereocenters. The lowest BCUT2D eigenvalue weighted by Crippen LogP contribution is -2.14. The van der Waals surface area contributed by atoms with Gasteiger partial charge in [-0.05, 0) is 43.2 Å². The van der Waals surface area contributed by atoms with Gasteiger partial charge in [0.1, 0.15) is 12.4 Å². The first-order valence-corrected chi connectivity index (χ1v) is 9.80. The maximum absolute atomic E-state index is 12.6. The molecule has 26 heavy (non-hydrogen) atoms. The van der Waals surface area contributed by atoms with E-state index in [4.69, 9.17) is 4.74 Å². The van der Waals surface area contributed by atoms with E-state index in [0.717, 1.165) is 16.7 Å². The van der Waals surface area contributed by atoms with E-state index in [1.165, 1.54) is 0 Å². The SMILES string of the molecule is Cc1ccc(NS(=O)(=O)c2ccccc2)c(C)c1OCc1ccccc1. The molecule has 0 unspecified atom stereocenters. The minimum Gasteiger partial charge on any atom is -0.488 e. The van der Waals surface area contributed by atoms with Gasteiger partial charge in [0, 0.05) is 5.56 Å². The fourth-order valence-corrected chi connectivity index (χ4v) is 3.84. The van der Waals surface area contributed by atoms with Crippen LogP contribution in [0.3, 0.4) is 0 Å². The van der Waals surface area contributed by atoms with Crippen molar-refractivity contribution in [3.8, 4) is 5.75 Å². The Hall–Kier alpha value is -2.79. The average Bonchev–Trinajstić information content (AvgIpc) is 2.65. The van der Waals surface area contributed by atoms with Crippen LogP contribution in [-0.2, 0) is 16.6 Å². The molecule has 3 rings (SSSR count). The highest BCUT2D eigenvalue weighted by Crippen LogP contribution is 2.31. The zero-order valence-corrected chi connectivity index (χ0v) is 15.6. The molecule has 3 aromatic carbocycles. The van der Waals surface area contributed by atoms with Crippen LogP contribution in [0.1, 0.15) is 16.7 Å². The number of nitrogens with one attached hydrogen (secondary N) is 1. The van der Waals surface area contributed by atoms with Crippen molar-refractivity contribution >= 4 is 15.7 Å². The minimum atomic E-state index is -3.64. The average molecular weight is 367 g/mol. The maximum Gasteiger partial charge on any atom is 0.261 e. The molecule has 4 nitrogen and oxygen atoms in total. The molecule has 0 saturated carbocycles. The van der Waals surface area contributed by atoms with Gasteiger partial charge in [-0.15, -0.1) is 0 Å². The van der Waals surface area contributed by atoms with E-state index in [9.17, 15) is 8.42 Å². The quantitative estimate of drug-likeness (QED) is 0.688. The van der Waals surface area contributed by atoms with E-state index >= 15 is 0 Å². The second kappa shape index (κ2) is 7.62. The fourth-order valence-electron chi connectivity index (χ4n) is 2.69. The number of benzene rings is 3. The van der Waals surface area contributed by atoms with Gasteiger partial charge >= 0.3 is 0 Å². The standard InChI is InChI=1S/C21H21NO3S/c1-16-13-14-20(22-26(23,24)19-11-7-4-8-12-19)17(2)21(16)25-15-18-9-5-3-6-10-18/h3-14,22H,15H2,1-2H3. The zero-order chi connectivity index (χ0) is 18.6. The summed E-state index contributed by atoms with van der Waals surface area (Å²) in [5, 5.41) is 0. The number of ether oxygens (including phenoxy) is 1. The van der Waals surface area contributed by atoms with Gasteiger partial charge in [0.05, 0.1) is 10.6 Å². The number of sulfonamides is 1. The Morgan fingerprint density at radius 1 is 0.846 bits per heavy atom. The Balaban J connectivity index is 1.85. The van der Waals surface area contributed by atoms with Crippen molar-refractivity contribution in [2.45, 2.75) is 25.3 Å². The van der Waals surface area contributed by atoms with Gasteiger partial charge in [-0.25, -0.2) is 8.42 Å². The fraction of sp³-hybridized carbons (Fsp3) is 0.143. The van der Waals surface area contributed by atoms with Crippen molar-refractivity contribution in [3.05, 3.63) is 89.5 Å². The lowest BCUT2D eigenvalue weighted by Gasteiger charge is -2.17. The largest absolute Gasteiger partial charge is 0.488 e. The summed E-state index contributed by atoms with van der Waals surface area (Å²) in [6.07, 6.45) is 0. The predicted molar refractivity (Wildman–Crippen MR) is 104 cm³/mol. The number of hydrogen-bond acceptors (Lipinski definition) is 3. The number of rotatable bonds is 6. The Morgan fingerprint density at radius 2 is 1.46 bits per heavy atom. The molecule has 0 aliphatic carbocycles. The molecule has 0 saturated heterocycles. The molecule has 0 aromatic heterocycles. The molecule has 0 radical (unpaired) electrons. The van der Waals surface area contributed by atoms with Crippen LogP contribution in [0.15, 0.2) is 77.7 Å². The summed E-state index contributed by atoms with van der Waals surface area (Å²) < 4.78 is 33.8. The monoisotopic (exact) mass is 367 g/mol. The third kappa shape index (κ3) is 4.06. The summed E-state index contributed by atoms with van der Waals surface area (Å²) >= 11 is 0. The van der Waals surface area contributed by atoms with Crippen molar-refractivity contribution in [1.82, 2.24) is 0 Å². The molecular weight excluding hydrogens is 346 g/mol. The van der Waals surface area contributed by atoms with Crippen molar-refractivity contribution in [2.24, 2.45) is 0 Å². The number of hydrogen-bond donors (Lipinski definition) is 1. The highest BCUT2D eigenvalue weighted by atomic mass is 32.2. The molecule has 0 spiro atoms. The Morgan fingerprint density at radius 3 is 2.12 bits per heavy atom. The second-order valence-electron chi connectivity index (χ2n) is 6.08. The first kappa shape index (κ1) is 18.0.